The molecular weight excluding hydrogens is 270 g/mol. The predicted molar refractivity (Wildman–Crippen MR) is 81.0 cm³/mol. The average molecular weight is 293 g/mol. The number of benzene rings is 1. The third-order valence-electron chi connectivity index (χ3n) is 3.97. The lowest BCUT2D eigenvalue weighted by atomic mass is 9.93. The van der Waals surface area contributed by atoms with E-state index in [4.69, 9.17) is 14.2 Å². The van der Waals surface area contributed by atoms with Crippen LogP contribution in [0, 0.1) is 4.91 Å². The van der Waals surface area contributed by atoms with Crippen LogP contribution in [-0.4, -0.2) is 33.0 Å². The number of ether oxygens (including phenoxy) is 3. The summed E-state index contributed by atoms with van der Waals surface area (Å²) < 4.78 is 16.4. The lowest BCUT2D eigenvalue weighted by Crippen LogP contribution is -2.31. The van der Waals surface area contributed by atoms with Crippen molar-refractivity contribution in [3.05, 3.63) is 28.7 Å². The van der Waals surface area contributed by atoms with Crippen LogP contribution < -0.4 is 9.47 Å². The number of nitrogens with zero attached hydrogens (tertiary/aromatic N) is 1. The van der Waals surface area contributed by atoms with E-state index >= 15 is 0 Å². The molecule has 0 radical (unpaired) electrons. The van der Waals surface area contributed by atoms with Gasteiger partial charge in [-0.3, -0.25) is 0 Å². The minimum atomic E-state index is -0.177. The third kappa shape index (κ3) is 4.17. The Bertz CT molecular complexity index is 464. The summed E-state index contributed by atoms with van der Waals surface area (Å²) in [5, 5.41) is 3.19. The first-order valence-corrected chi connectivity index (χ1v) is 7.43. The molecular formula is C16H23NO4. The molecule has 5 heteroatoms. The van der Waals surface area contributed by atoms with Crippen molar-refractivity contribution >= 4 is 0 Å². The zero-order chi connectivity index (χ0) is 15.1. The van der Waals surface area contributed by atoms with Crippen molar-refractivity contribution in [2.24, 2.45) is 5.18 Å². The van der Waals surface area contributed by atoms with E-state index < -0.39 is 0 Å². The number of hydrogen-bond donors (Lipinski definition) is 0. The van der Waals surface area contributed by atoms with Crippen LogP contribution in [0.4, 0.5) is 0 Å². The van der Waals surface area contributed by atoms with E-state index in [0.717, 1.165) is 49.2 Å². The van der Waals surface area contributed by atoms with Gasteiger partial charge < -0.3 is 14.2 Å². The maximum atomic E-state index is 10.8. The highest BCUT2D eigenvalue weighted by atomic mass is 16.5. The second-order valence-corrected chi connectivity index (χ2v) is 5.31. The predicted octanol–water partition coefficient (Wildman–Crippen LogP) is 3.34. The first kappa shape index (κ1) is 15.8. The van der Waals surface area contributed by atoms with Crippen LogP contribution in [0.3, 0.4) is 0 Å². The minimum absolute atomic E-state index is 0.0172. The fourth-order valence-electron chi connectivity index (χ4n) is 2.76. The molecule has 0 N–H and O–H groups in total. The number of methoxy groups -OCH3 is 2. The van der Waals surface area contributed by atoms with Crippen LogP contribution >= 0.6 is 0 Å². The summed E-state index contributed by atoms with van der Waals surface area (Å²) in [4.78, 5) is 10.8. The Morgan fingerprint density at radius 1 is 1.14 bits per heavy atom. The van der Waals surface area contributed by atoms with Crippen LogP contribution in [0.15, 0.2) is 23.4 Å². The Morgan fingerprint density at radius 2 is 1.90 bits per heavy atom. The minimum Gasteiger partial charge on any atom is -0.493 e. The van der Waals surface area contributed by atoms with Crippen LogP contribution in [0.25, 0.3) is 0 Å². The zero-order valence-electron chi connectivity index (χ0n) is 12.7. The van der Waals surface area contributed by atoms with Crippen molar-refractivity contribution in [3.8, 4) is 11.5 Å². The molecule has 2 rings (SSSR count). The van der Waals surface area contributed by atoms with E-state index in [1.807, 2.05) is 18.2 Å². The second kappa shape index (κ2) is 7.98. The molecule has 0 unspecified atom stereocenters. The van der Waals surface area contributed by atoms with E-state index in [2.05, 4.69) is 5.18 Å². The Kier molecular flexibility index (Phi) is 5.99. The smallest absolute Gasteiger partial charge is 0.160 e. The Morgan fingerprint density at radius 3 is 2.62 bits per heavy atom. The fourth-order valence-corrected chi connectivity index (χ4v) is 2.76. The van der Waals surface area contributed by atoms with Gasteiger partial charge in [0.1, 0.15) is 6.04 Å². The number of rotatable bonds is 7. The van der Waals surface area contributed by atoms with Crippen molar-refractivity contribution in [2.45, 2.75) is 44.2 Å². The molecule has 0 heterocycles. The molecule has 1 aromatic rings. The lowest BCUT2D eigenvalue weighted by Gasteiger charge is -2.26. The molecule has 5 nitrogen and oxygen atoms in total. The van der Waals surface area contributed by atoms with E-state index in [9.17, 15) is 4.91 Å². The first-order chi connectivity index (χ1) is 10.3. The standard InChI is InChI=1S/C16H23NO4/c1-19-15-8-7-12(11-16(15)20-2)9-10-21-14-6-4-3-5-13(14)17-18/h7-8,11,13-14H,3-6,9-10H2,1-2H3/t13-,14+/m1/s1. The molecule has 1 aliphatic carbocycles. The summed E-state index contributed by atoms with van der Waals surface area (Å²) in [6.45, 7) is 0.589. The highest BCUT2D eigenvalue weighted by Gasteiger charge is 2.26. The maximum Gasteiger partial charge on any atom is 0.160 e. The van der Waals surface area contributed by atoms with E-state index in [0.29, 0.717) is 6.61 Å². The molecule has 0 saturated heterocycles. The van der Waals surface area contributed by atoms with Crippen molar-refractivity contribution < 1.29 is 14.2 Å². The number of hydrogen-bond acceptors (Lipinski definition) is 5. The maximum absolute atomic E-state index is 10.8. The molecule has 0 amide bonds. The molecule has 0 spiro atoms. The monoisotopic (exact) mass is 293 g/mol. The van der Waals surface area contributed by atoms with Crippen LogP contribution in [0.5, 0.6) is 11.5 Å². The lowest BCUT2D eigenvalue weighted by molar-refractivity contribution is 0.0171. The van der Waals surface area contributed by atoms with Crippen LogP contribution in [0.1, 0.15) is 31.2 Å². The van der Waals surface area contributed by atoms with Gasteiger partial charge in [0.25, 0.3) is 0 Å². The van der Waals surface area contributed by atoms with Crippen molar-refractivity contribution in [3.63, 3.8) is 0 Å². The molecule has 21 heavy (non-hydrogen) atoms. The Hall–Kier alpha value is -1.62. The molecule has 116 valence electrons. The largest absolute Gasteiger partial charge is 0.493 e. The third-order valence-corrected chi connectivity index (χ3v) is 3.97. The molecule has 1 aliphatic rings. The zero-order valence-corrected chi connectivity index (χ0v) is 12.7. The van der Waals surface area contributed by atoms with Gasteiger partial charge in [-0.05, 0) is 37.0 Å². The Labute approximate surface area is 125 Å². The second-order valence-electron chi connectivity index (χ2n) is 5.31. The van der Waals surface area contributed by atoms with Crippen LogP contribution in [0.2, 0.25) is 0 Å². The van der Waals surface area contributed by atoms with Gasteiger partial charge in [-0.1, -0.05) is 24.1 Å². The summed E-state index contributed by atoms with van der Waals surface area (Å²) >= 11 is 0. The van der Waals surface area contributed by atoms with Crippen molar-refractivity contribution in [1.82, 2.24) is 0 Å². The van der Waals surface area contributed by atoms with Crippen molar-refractivity contribution in [2.75, 3.05) is 20.8 Å². The summed E-state index contributed by atoms with van der Waals surface area (Å²) in [5.41, 5.74) is 1.12. The van der Waals surface area contributed by atoms with E-state index in [-0.39, 0.29) is 12.1 Å². The highest BCUT2D eigenvalue weighted by molar-refractivity contribution is 5.42. The quantitative estimate of drug-likeness (QED) is 0.723. The van der Waals surface area contributed by atoms with Gasteiger partial charge in [0.2, 0.25) is 0 Å². The van der Waals surface area contributed by atoms with E-state index in [1.54, 1.807) is 14.2 Å². The molecule has 1 fully saturated rings. The topological polar surface area (TPSA) is 57.1 Å². The summed E-state index contributed by atoms with van der Waals surface area (Å²) in [6, 6.07) is 5.67. The van der Waals surface area contributed by atoms with Crippen LogP contribution in [-0.2, 0) is 11.2 Å². The van der Waals surface area contributed by atoms with Gasteiger partial charge in [-0.25, -0.2) is 0 Å². The fraction of sp³-hybridized carbons (Fsp3) is 0.625. The molecule has 2 atom stereocenters. The molecule has 1 aromatic carbocycles. The van der Waals surface area contributed by atoms with Gasteiger partial charge in [-0.2, -0.15) is 4.91 Å². The van der Waals surface area contributed by atoms with E-state index in [1.165, 1.54) is 0 Å². The molecule has 1 saturated carbocycles. The van der Waals surface area contributed by atoms with Gasteiger partial charge in [0.05, 0.1) is 26.9 Å². The van der Waals surface area contributed by atoms with Gasteiger partial charge in [0.15, 0.2) is 11.5 Å². The van der Waals surface area contributed by atoms with Gasteiger partial charge in [0, 0.05) is 0 Å². The highest BCUT2D eigenvalue weighted by Crippen LogP contribution is 2.28. The van der Waals surface area contributed by atoms with Gasteiger partial charge in [-0.15, -0.1) is 0 Å². The first-order valence-electron chi connectivity index (χ1n) is 7.43. The van der Waals surface area contributed by atoms with Crippen molar-refractivity contribution in [1.29, 1.82) is 0 Å². The Balaban J connectivity index is 1.86. The number of nitroso groups, excluding NO2 is 1. The average Bonchev–Trinajstić information content (AvgIpc) is 2.55. The molecule has 0 bridgehead atoms. The normalized spacial score (nSPS) is 21.8. The summed E-state index contributed by atoms with van der Waals surface area (Å²) in [6.07, 6.45) is 4.74. The summed E-state index contributed by atoms with van der Waals surface area (Å²) in [7, 11) is 3.25. The van der Waals surface area contributed by atoms with Gasteiger partial charge >= 0.3 is 0 Å². The molecule has 0 aromatic heterocycles. The molecule has 0 aliphatic heterocycles. The SMILES string of the molecule is COc1ccc(CCO[C@H]2CCCC[C@H]2N=O)cc1OC. The summed E-state index contributed by atoms with van der Waals surface area (Å²) in [5.74, 6) is 1.44.